The van der Waals surface area contributed by atoms with Crippen molar-refractivity contribution >= 4 is 5.69 Å². The molecule has 100 valence electrons. The Bertz CT molecular complexity index is 749. The van der Waals surface area contributed by atoms with Gasteiger partial charge in [-0.2, -0.15) is 4.68 Å². The molecule has 0 aliphatic rings. The van der Waals surface area contributed by atoms with E-state index in [4.69, 9.17) is 5.73 Å². The van der Waals surface area contributed by atoms with Gasteiger partial charge in [0.2, 0.25) is 0 Å². The Morgan fingerprint density at radius 3 is 2.40 bits per heavy atom. The van der Waals surface area contributed by atoms with Crippen LogP contribution in [-0.2, 0) is 0 Å². The Labute approximate surface area is 112 Å². The van der Waals surface area contributed by atoms with Gasteiger partial charge in [-0.05, 0) is 34.7 Å². The zero-order valence-corrected chi connectivity index (χ0v) is 10.2. The summed E-state index contributed by atoms with van der Waals surface area (Å²) >= 11 is 0. The van der Waals surface area contributed by atoms with Gasteiger partial charge >= 0.3 is 0 Å². The molecular weight excluding hydrogens is 264 g/mol. The lowest BCUT2D eigenvalue weighted by molar-refractivity contribution is 0.557. The number of anilines is 1. The molecule has 0 spiro atoms. The monoisotopic (exact) mass is 273 g/mol. The summed E-state index contributed by atoms with van der Waals surface area (Å²) in [5, 5.41) is 10.9. The minimum atomic E-state index is -0.748. The summed E-state index contributed by atoms with van der Waals surface area (Å²) in [5.74, 6) is -1.29. The minimum Gasteiger partial charge on any atom is -0.399 e. The summed E-state index contributed by atoms with van der Waals surface area (Å²) in [6.07, 6.45) is 0. The Hall–Kier alpha value is -2.83. The third kappa shape index (κ3) is 1.99. The second-order valence-electron chi connectivity index (χ2n) is 4.11. The zero-order valence-electron chi connectivity index (χ0n) is 10.2. The van der Waals surface area contributed by atoms with Gasteiger partial charge in [-0.15, -0.1) is 5.10 Å². The summed E-state index contributed by atoms with van der Waals surface area (Å²) in [4.78, 5) is 0. The van der Waals surface area contributed by atoms with Crippen molar-refractivity contribution in [3.05, 3.63) is 54.1 Å². The van der Waals surface area contributed by atoms with Crippen molar-refractivity contribution in [1.29, 1.82) is 0 Å². The molecule has 0 aliphatic carbocycles. The summed E-state index contributed by atoms with van der Waals surface area (Å²) in [5.41, 5.74) is 6.44. The van der Waals surface area contributed by atoms with Gasteiger partial charge in [0.05, 0.1) is 0 Å². The van der Waals surface area contributed by atoms with Crippen LogP contribution < -0.4 is 5.73 Å². The van der Waals surface area contributed by atoms with Gasteiger partial charge < -0.3 is 5.73 Å². The Balaban J connectivity index is 2.21. The van der Waals surface area contributed by atoms with E-state index in [2.05, 4.69) is 15.5 Å². The van der Waals surface area contributed by atoms with Gasteiger partial charge in [-0.25, -0.2) is 8.78 Å². The molecule has 0 amide bonds. The quantitative estimate of drug-likeness (QED) is 0.727. The first-order chi connectivity index (χ1) is 9.66. The minimum absolute atomic E-state index is 0.210. The molecule has 0 radical (unpaired) electrons. The third-order valence-corrected chi connectivity index (χ3v) is 2.76. The van der Waals surface area contributed by atoms with Crippen LogP contribution in [0, 0.1) is 11.6 Å². The number of hydrogen-bond donors (Lipinski definition) is 1. The van der Waals surface area contributed by atoms with Crippen LogP contribution in [0.3, 0.4) is 0 Å². The maximum absolute atomic E-state index is 13.8. The number of nitrogens with zero attached hydrogens (tertiary/aromatic N) is 4. The fourth-order valence-corrected chi connectivity index (χ4v) is 1.89. The number of benzene rings is 2. The van der Waals surface area contributed by atoms with Gasteiger partial charge in [0, 0.05) is 11.3 Å². The molecule has 0 bridgehead atoms. The largest absolute Gasteiger partial charge is 0.399 e. The summed E-state index contributed by atoms with van der Waals surface area (Å²) in [6, 6.07) is 10.3. The smallest absolute Gasteiger partial charge is 0.187 e. The fraction of sp³-hybridized carbons (Fsp3) is 0. The van der Waals surface area contributed by atoms with Gasteiger partial charge in [0.1, 0.15) is 5.69 Å². The molecule has 0 atom stereocenters. The van der Waals surface area contributed by atoms with Crippen molar-refractivity contribution in [3.8, 4) is 17.1 Å². The predicted molar refractivity (Wildman–Crippen MR) is 68.9 cm³/mol. The molecule has 3 rings (SSSR count). The second kappa shape index (κ2) is 4.69. The average molecular weight is 273 g/mol. The molecule has 5 nitrogen and oxygen atoms in total. The summed E-state index contributed by atoms with van der Waals surface area (Å²) in [7, 11) is 0. The van der Waals surface area contributed by atoms with E-state index >= 15 is 0 Å². The SMILES string of the molecule is Nc1cccc(-c2nnnn2-c2c(F)cccc2F)c1. The third-order valence-electron chi connectivity index (χ3n) is 2.76. The summed E-state index contributed by atoms with van der Waals surface area (Å²) < 4.78 is 28.6. The maximum atomic E-state index is 13.8. The molecule has 0 saturated heterocycles. The number of tetrazole rings is 1. The van der Waals surface area contributed by atoms with Crippen molar-refractivity contribution in [3.63, 3.8) is 0 Å². The van der Waals surface area contributed by atoms with Crippen molar-refractivity contribution in [2.45, 2.75) is 0 Å². The molecule has 7 heteroatoms. The van der Waals surface area contributed by atoms with Crippen LogP contribution >= 0.6 is 0 Å². The fourth-order valence-electron chi connectivity index (χ4n) is 1.89. The lowest BCUT2D eigenvalue weighted by atomic mass is 10.2. The number of nitrogens with two attached hydrogens (primary N) is 1. The predicted octanol–water partition coefficient (Wildman–Crippen LogP) is 2.19. The van der Waals surface area contributed by atoms with Gasteiger partial charge in [-0.3, -0.25) is 0 Å². The van der Waals surface area contributed by atoms with E-state index in [1.54, 1.807) is 24.3 Å². The van der Waals surface area contributed by atoms with Crippen LogP contribution in [0.2, 0.25) is 0 Å². The molecule has 3 aromatic rings. The van der Waals surface area contributed by atoms with Crippen LogP contribution in [0.25, 0.3) is 17.1 Å². The molecule has 0 aliphatic heterocycles. The molecule has 1 heterocycles. The standard InChI is InChI=1S/C13H9F2N5/c14-10-5-2-6-11(15)12(10)20-13(17-18-19-20)8-3-1-4-9(16)7-8/h1-7H,16H2. The van der Waals surface area contributed by atoms with Crippen molar-refractivity contribution < 1.29 is 8.78 Å². The first-order valence-corrected chi connectivity index (χ1v) is 5.75. The van der Waals surface area contributed by atoms with E-state index in [0.717, 1.165) is 16.8 Å². The topological polar surface area (TPSA) is 69.6 Å². The van der Waals surface area contributed by atoms with E-state index in [9.17, 15) is 8.78 Å². The van der Waals surface area contributed by atoms with Crippen LogP contribution in [-0.4, -0.2) is 20.2 Å². The molecule has 0 unspecified atom stereocenters. The Kier molecular flexibility index (Phi) is 2.86. The first-order valence-electron chi connectivity index (χ1n) is 5.75. The van der Waals surface area contributed by atoms with E-state index in [-0.39, 0.29) is 11.5 Å². The van der Waals surface area contributed by atoms with Crippen molar-refractivity contribution in [1.82, 2.24) is 20.2 Å². The molecule has 0 fully saturated rings. The first kappa shape index (κ1) is 12.2. The molecule has 2 aromatic carbocycles. The number of halogens is 2. The normalized spacial score (nSPS) is 10.7. The van der Waals surface area contributed by atoms with Gasteiger partial charge in [0.15, 0.2) is 17.5 Å². The number of aromatic nitrogens is 4. The van der Waals surface area contributed by atoms with Crippen molar-refractivity contribution in [2.75, 3.05) is 5.73 Å². The summed E-state index contributed by atoms with van der Waals surface area (Å²) in [6.45, 7) is 0. The highest BCUT2D eigenvalue weighted by Crippen LogP contribution is 2.24. The highest BCUT2D eigenvalue weighted by atomic mass is 19.1. The molecular formula is C13H9F2N5. The maximum Gasteiger partial charge on any atom is 0.187 e. The molecule has 0 saturated carbocycles. The zero-order chi connectivity index (χ0) is 14.1. The molecule has 2 N–H and O–H groups in total. The molecule has 20 heavy (non-hydrogen) atoms. The number of hydrogen-bond acceptors (Lipinski definition) is 4. The van der Waals surface area contributed by atoms with Gasteiger partial charge in [0.25, 0.3) is 0 Å². The van der Waals surface area contributed by atoms with Crippen LogP contribution in [0.15, 0.2) is 42.5 Å². The number of nitrogen functional groups attached to an aromatic ring is 1. The lowest BCUT2D eigenvalue weighted by Gasteiger charge is -2.07. The molecule has 1 aromatic heterocycles. The van der Waals surface area contributed by atoms with E-state index in [1.807, 2.05) is 0 Å². The highest BCUT2D eigenvalue weighted by Gasteiger charge is 2.17. The van der Waals surface area contributed by atoms with E-state index in [1.165, 1.54) is 6.07 Å². The van der Waals surface area contributed by atoms with E-state index in [0.29, 0.717) is 11.3 Å². The highest BCUT2D eigenvalue weighted by molar-refractivity contribution is 5.62. The van der Waals surface area contributed by atoms with E-state index < -0.39 is 11.6 Å². The van der Waals surface area contributed by atoms with Crippen LogP contribution in [0.4, 0.5) is 14.5 Å². The lowest BCUT2D eigenvalue weighted by Crippen LogP contribution is -2.05. The van der Waals surface area contributed by atoms with Gasteiger partial charge in [-0.1, -0.05) is 18.2 Å². The number of para-hydroxylation sites is 1. The van der Waals surface area contributed by atoms with Crippen LogP contribution in [0.5, 0.6) is 0 Å². The van der Waals surface area contributed by atoms with Crippen LogP contribution in [0.1, 0.15) is 0 Å². The Morgan fingerprint density at radius 2 is 1.70 bits per heavy atom. The average Bonchev–Trinajstić information content (AvgIpc) is 2.87. The van der Waals surface area contributed by atoms with Crippen molar-refractivity contribution in [2.24, 2.45) is 0 Å². The number of rotatable bonds is 2. The Morgan fingerprint density at radius 1 is 1.00 bits per heavy atom. The second-order valence-corrected chi connectivity index (χ2v) is 4.11.